The topological polar surface area (TPSA) is 100 Å². The Labute approximate surface area is 109 Å². The first-order valence-corrected chi connectivity index (χ1v) is 5.81. The number of carbonyl (C=O) groups excluding carboxylic acids is 1. The maximum Gasteiger partial charge on any atom is 0.255 e. The molecule has 1 heterocycles. The van der Waals surface area contributed by atoms with Gasteiger partial charge in [0.1, 0.15) is 0 Å². The zero-order valence-electron chi connectivity index (χ0n) is 10.2. The molecule has 0 aliphatic heterocycles. The first-order valence-electron chi connectivity index (χ1n) is 5.81. The lowest BCUT2D eigenvalue weighted by Gasteiger charge is -2.07. The van der Waals surface area contributed by atoms with Gasteiger partial charge in [-0.15, -0.1) is 5.10 Å². The number of carbonyl (C=O) groups is 1. The molecule has 0 radical (unpaired) electrons. The van der Waals surface area contributed by atoms with Crippen LogP contribution in [0.15, 0.2) is 30.6 Å². The smallest absolute Gasteiger partial charge is 0.255 e. The van der Waals surface area contributed by atoms with Gasteiger partial charge in [0.05, 0.1) is 11.8 Å². The molecule has 1 amide bonds. The number of benzene rings is 1. The number of hydrogen-bond acceptors (Lipinski definition) is 5. The number of nitrogens with zero attached hydrogens (tertiary/aromatic N) is 3. The van der Waals surface area contributed by atoms with Crippen molar-refractivity contribution in [1.82, 2.24) is 20.3 Å². The molecule has 0 saturated carbocycles. The van der Waals surface area contributed by atoms with Gasteiger partial charge >= 0.3 is 0 Å². The predicted molar refractivity (Wildman–Crippen MR) is 66.7 cm³/mol. The molecular weight excluding hydrogens is 248 g/mol. The number of phenolic OH excluding ortho intramolecular Hbond substituents is 2. The van der Waals surface area contributed by atoms with Gasteiger partial charge in [0.25, 0.3) is 5.91 Å². The van der Waals surface area contributed by atoms with Crippen molar-refractivity contribution in [1.29, 1.82) is 0 Å². The summed E-state index contributed by atoms with van der Waals surface area (Å²) in [4.78, 5) is 11.8. The quantitative estimate of drug-likeness (QED) is 0.538. The minimum atomic E-state index is -0.424. The lowest BCUT2D eigenvalue weighted by molar-refractivity contribution is 0.0949. The van der Waals surface area contributed by atoms with Gasteiger partial charge in [-0.3, -0.25) is 9.48 Å². The van der Waals surface area contributed by atoms with Crippen LogP contribution in [-0.4, -0.2) is 37.7 Å². The highest BCUT2D eigenvalue weighted by atomic mass is 16.3. The van der Waals surface area contributed by atoms with Crippen molar-refractivity contribution in [3.8, 4) is 11.5 Å². The van der Waals surface area contributed by atoms with Crippen molar-refractivity contribution in [2.75, 3.05) is 6.54 Å². The third-order valence-electron chi connectivity index (χ3n) is 2.58. The zero-order valence-corrected chi connectivity index (χ0v) is 10.2. The summed E-state index contributed by atoms with van der Waals surface area (Å²) in [6, 6.07) is 4.26. The Morgan fingerprint density at radius 1 is 1.37 bits per heavy atom. The maximum atomic E-state index is 11.8. The molecule has 1 aromatic carbocycles. The van der Waals surface area contributed by atoms with Crippen LogP contribution in [0.25, 0.3) is 0 Å². The number of aromatic hydroxyl groups is 2. The number of phenols is 2. The summed E-state index contributed by atoms with van der Waals surface area (Å²) in [7, 11) is 0. The highest BCUT2D eigenvalue weighted by Gasteiger charge is 2.12. The van der Waals surface area contributed by atoms with Gasteiger partial charge in [-0.1, -0.05) is 11.3 Å². The van der Waals surface area contributed by atoms with Gasteiger partial charge in [0.15, 0.2) is 11.5 Å². The van der Waals surface area contributed by atoms with Gasteiger partial charge in [-0.2, -0.15) is 0 Å². The molecule has 0 spiro atoms. The van der Waals surface area contributed by atoms with Crippen molar-refractivity contribution < 1.29 is 15.0 Å². The van der Waals surface area contributed by atoms with E-state index in [1.807, 2.05) is 0 Å². The SMILES string of the molecule is O=C(NCCCn1ccnn1)c1cccc(O)c1O. The van der Waals surface area contributed by atoms with Crippen molar-refractivity contribution in [3.63, 3.8) is 0 Å². The van der Waals surface area contributed by atoms with E-state index >= 15 is 0 Å². The van der Waals surface area contributed by atoms with E-state index in [1.54, 1.807) is 17.1 Å². The summed E-state index contributed by atoms with van der Waals surface area (Å²) in [5, 5.41) is 29.0. The zero-order chi connectivity index (χ0) is 13.7. The third kappa shape index (κ3) is 3.21. The molecule has 19 heavy (non-hydrogen) atoms. The molecule has 3 N–H and O–H groups in total. The Morgan fingerprint density at radius 3 is 2.95 bits per heavy atom. The number of nitrogens with one attached hydrogen (secondary N) is 1. The summed E-state index contributed by atoms with van der Waals surface area (Å²) in [6.45, 7) is 1.08. The second-order valence-corrected chi connectivity index (χ2v) is 3.95. The molecule has 0 atom stereocenters. The molecule has 1 aromatic heterocycles. The second kappa shape index (κ2) is 5.85. The van der Waals surface area contributed by atoms with Crippen LogP contribution in [0.5, 0.6) is 11.5 Å². The fraction of sp³-hybridized carbons (Fsp3) is 0.250. The third-order valence-corrected chi connectivity index (χ3v) is 2.58. The van der Waals surface area contributed by atoms with Crippen LogP contribution >= 0.6 is 0 Å². The van der Waals surface area contributed by atoms with E-state index < -0.39 is 11.7 Å². The average Bonchev–Trinajstić information content (AvgIpc) is 2.91. The largest absolute Gasteiger partial charge is 0.504 e. The summed E-state index contributed by atoms with van der Waals surface area (Å²) in [6.07, 6.45) is 4.01. The Morgan fingerprint density at radius 2 is 2.21 bits per heavy atom. The molecule has 100 valence electrons. The van der Waals surface area contributed by atoms with E-state index in [9.17, 15) is 15.0 Å². The van der Waals surface area contributed by atoms with Crippen molar-refractivity contribution in [3.05, 3.63) is 36.2 Å². The number of rotatable bonds is 5. The Hall–Kier alpha value is -2.57. The summed E-state index contributed by atoms with van der Waals surface area (Å²) < 4.78 is 1.66. The standard InChI is InChI=1S/C12H14N4O3/c17-10-4-1-3-9(11(10)18)12(19)13-5-2-7-16-8-6-14-15-16/h1,3-4,6,8,17-18H,2,5,7H2,(H,13,19). The number of amides is 1. The number of aromatic nitrogens is 3. The van der Waals surface area contributed by atoms with E-state index in [0.717, 1.165) is 0 Å². The van der Waals surface area contributed by atoms with Gasteiger partial charge in [-0.25, -0.2) is 0 Å². The molecular formula is C12H14N4O3. The van der Waals surface area contributed by atoms with Crippen LogP contribution in [0, 0.1) is 0 Å². The van der Waals surface area contributed by atoms with Crippen LogP contribution in [0.3, 0.4) is 0 Å². The molecule has 2 rings (SSSR count). The van der Waals surface area contributed by atoms with Crippen molar-refractivity contribution >= 4 is 5.91 Å². The van der Waals surface area contributed by atoms with Gasteiger partial charge in [0, 0.05) is 19.3 Å². The summed E-state index contributed by atoms with van der Waals surface area (Å²) >= 11 is 0. The molecule has 0 aliphatic carbocycles. The summed E-state index contributed by atoms with van der Waals surface area (Å²) in [5.41, 5.74) is 0.0563. The van der Waals surface area contributed by atoms with Crippen LogP contribution in [0.1, 0.15) is 16.8 Å². The molecule has 7 heteroatoms. The Bertz CT molecular complexity index is 554. The maximum absolute atomic E-state index is 11.8. The van der Waals surface area contributed by atoms with Crippen molar-refractivity contribution in [2.45, 2.75) is 13.0 Å². The Kier molecular flexibility index (Phi) is 3.97. The fourth-order valence-electron chi connectivity index (χ4n) is 1.60. The van der Waals surface area contributed by atoms with Crippen LogP contribution < -0.4 is 5.32 Å². The van der Waals surface area contributed by atoms with Gasteiger partial charge in [-0.05, 0) is 18.6 Å². The molecule has 2 aromatic rings. The highest BCUT2D eigenvalue weighted by molar-refractivity contribution is 5.97. The monoisotopic (exact) mass is 262 g/mol. The molecule has 0 fully saturated rings. The van der Waals surface area contributed by atoms with Crippen LogP contribution in [0.4, 0.5) is 0 Å². The lowest BCUT2D eigenvalue weighted by atomic mass is 10.1. The predicted octanol–water partition coefficient (Wildman–Crippen LogP) is 0.509. The Balaban J connectivity index is 1.83. The van der Waals surface area contributed by atoms with Crippen molar-refractivity contribution in [2.24, 2.45) is 0 Å². The number of hydrogen-bond donors (Lipinski definition) is 3. The molecule has 0 saturated heterocycles. The first-order chi connectivity index (χ1) is 9.18. The van der Waals surface area contributed by atoms with E-state index in [-0.39, 0.29) is 11.3 Å². The van der Waals surface area contributed by atoms with Gasteiger partial charge in [0.2, 0.25) is 0 Å². The fourth-order valence-corrected chi connectivity index (χ4v) is 1.60. The second-order valence-electron chi connectivity index (χ2n) is 3.95. The number of para-hydroxylation sites is 1. The molecule has 0 aliphatic rings. The highest BCUT2D eigenvalue weighted by Crippen LogP contribution is 2.27. The van der Waals surface area contributed by atoms with E-state index in [1.165, 1.54) is 18.2 Å². The lowest BCUT2D eigenvalue weighted by Crippen LogP contribution is -2.25. The van der Waals surface area contributed by atoms with Gasteiger partial charge < -0.3 is 15.5 Å². The first kappa shape index (κ1) is 12.9. The number of aryl methyl sites for hydroxylation is 1. The van der Waals surface area contributed by atoms with E-state index in [2.05, 4.69) is 15.6 Å². The van der Waals surface area contributed by atoms with E-state index in [0.29, 0.717) is 19.5 Å². The average molecular weight is 262 g/mol. The van der Waals surface area contributed by atoms with Crippen LogP contribution in [-0.2, 0) is 6.54 Å². The molecule has 0 bridgehead atoms. The summed E-state index contributed by atoms with van der Waals surface area (Å²) in [5.74, 6) is -1.14. The normalized spacial score (nSPS) is 10.3. The van der Waals surface area contributed by atoms with Crippen LogP contribution in [0.2, 0.25) is 0 Å². The molecule has 7 nitrogen and oxygen atoms in total. The van der Waals surface area contributed by atoms with E-state index in [4.69, 9.17) is 0 Å². The molecule has 0 unspecified atom stereocenters. The minimum absolute atomic E-state index is 0.0563. The minimum Gasteiger partial charge on any atom is -0.504 e.